The maximum Gasteiger partial charge on any atom is 0.365 e. The first-order valence-corrected chi connectivity index (χ1v) is 4.34. The van der Waals surface area contributed by atoms with Crippen molar-refractivity contribution in [1.82, 2.24) is 5.16 Å². The standard InChI is InChI=1S/C11H9NO3/c1-7-9(11(14)15-12-7)6-8-4-2-3-5-10(8)13/h2-6,12-13H,1H2/b9-6-. The van der Waals surface area contributed by atoms with Gasteiger partial charge in [0.25, 0.3) is 0 Å². The molecule has 0 fully saturated rings. The molecule has 0 aliphatic carbocycles. The second kappa shape index (κ2) is 3.49. The number of hydrogen-bond donors (Lipinski definition) is 2. The van der Waals surface area contributed by atoms with Crippen LogP contribution in [0.15, 0.2) is 33.6 Å². The van der Waals surface area contributed by atoms with E-state index >= 15 is 0 Å². The molecule has 0 saturated heterocycles. The van der Waals surface area contributed by atoms with E-state index in [0.717, 1.165) is 0 Å². The zero-order valence-corrected chi connectivity index (χ0v) is 7.86. The Labute approximate surface area is 84.8 Å². The molecule has 0 aliphatic heterocycles. The van der Waals surface area contributed by atoms with Crippen LogP contribution in [0.3, 0.4) is 0 Å². The first-order chi connectivity index (χ1) is 7.18. The summed E-state index contributed by atoms with van der Waals surface area (Å²) in [5.74, 6) is 0.109. The number of nitrogens with one attached hydrogen (secondary N) is 1. The van der Waals surface area contributed by atoms with E-state index in [2.05, 4.69) is 16.3 Å². The normalized spacial score (nSPS) is 11.9. The van der Waals surface area contributed by atoms with Crippen LogP contribution >= 0.6 is 0 Å². The summed E-state index contributed by atoms with van der Waals surface area (Å²) in [6, 6.07) is 6.71. The highest BCUT2D eigenvalue weighted by Gasteiger charge is 1.99. The topological polar surface area (TPSA) is 66.2 Å². The summed E-state index contributed by atoms with van der Waals surface area (Å²) in [5.41, 5.74) is 0.0533. The van der Waals surface area contributed by atoms with Crippen LogP contribution in [0.25, 0.3) is 12.7 Å². The van der Waals surface area contributed by atoms with Gasteiger partial charge in [-0.1, -0.05) is 24.8 Å². The van der Waals surface area contributed by atoms with Crippen LogP contribution in [-0.2, 0) is 0 Å². The van der Waals surface area contributed by atoms with E-state index in [0.29, 0.717) is 16.1 Å². The highest BCUT2D eigenvalue weighted by Crippen LogP contribution is 2.15. The van der Waals surface area contributed by atoms with E-state index < -0.39 is 5.63 Å². The fourth-order valence-corrected chi connectivity index (χ4v) is 1.25. The summed E-state index contributed by atoms with van der Waals surface area (Å²) in [7, 11) is 0. The molecule has 2 rings (SSSR count). The molecular weight excluding hydrogens is 194 g/mol. The number of aromatic amines is 1. The lowest BCUT2D eigenvalue weighted by Crippen LogP contribution is -2.31. The fraction of sp³-hybridized carbons (Fsp3) is 0. The highest BCUT2D eigenvalue weighted by molar-refractivity contribution is 5.56. The monoisotopic (exact) mass is 203 g/mol. The molecule has 0 atom stereocenters. The van der Waals surface area contributed by atoms with Crippen LogP contribution in [0, 0.1) is 0 Å². The van der Waals surface area contributed by atoms with Crippen molar-refractivity contribution >= 4 is 12.7 Å². The molecule has 0 unspecified atom stereocenters. The van der Waals surface area contributed by atoms with E-state index in [1.165, 1.54) is 6.08 Å². The van der Waals surface area contributed by atoms with E-state index in [9.17, 15) is 9.90 Å². The molecule has 1 aromatic heterocycles. The van der Waals surface area contributed by atoms with Crippen LogP contribution < -0.4 is 16.2 Å². The van der Waals surface area contributed by atoms with Crippen molar-refractivity contribution in [3.63, 3.8) is 0 Å². The summed E-state index contributed by atoms with van der Waals surface area (Å²) in [5, 5.41) is 12.6. The predicted molar refractivity (Wildman–Crippen MR) is 55.8 cm³/mol. The maximum absolute atomic E-state index is 11.2. The van der Waals surface area contributed by atoms with Gasteiger partial charge in [-0.2, -0.15) is 0 Å². The van der Waals surface area contributed by atoms with Gasteiger partial charge in [0.15, 0.2) is 0 Å². The minimum Gasteiger partial charge on any atom is -0.507 e. The summed E-state index contributed by atoms with van der Waals surface area (Å²) in [6.07, 6.45) is 1.53. The van der Waals surface area contributed by atoms with Gasteiger partial charge in [0.2, 0.25) is 0 Å². The number of aromatic nitrogens is 1. The first kappa shape index (κ1) is 9.33. The molecule has 1 aromatic carbocycles. The number of H-pyrrole nitrogens is 1. The quantitative estimate of drug-likeness (QED) is 0.680. The molecule has 0 amide bonds. The van der Waals surface area contributed by atoms with Gasteiger partial charge in [0.05, 0.1) is 10.6 Å². The smallest absolute Gasteiger partial charge is 0.365 e. The molecule has 0 spiro atoms. The van der Waals surface area contributed by atoms with E-state index in [1.54, 1.807) is 24.3 Å². The SMILES string of the molecule is C=c1[nH]oc(=O)/c1=C\c1ccccc1O. The minimum absolute atomic E-state index is 0.109. The average Bonchev–Trinajstić information content (AvgIpc) is 2.53. The third-order valence-electron chi connectivity index (χ3n) is 2.05. The lowest BCUT2D eigenvalue weighted by Gasteiger charge is -1.95. The lowest BCUT2D eigenvalue weighted by molar-refractivity contribution is 0.386. The minimum atomic E-state index is -0.497. The Morgan fingerprint density at radius 2 is 2.13 bits per heavy atom. The second-order valence-corrected chi connectivity index (χ2v) is 3.09. The Kier molecular flexibility index (Phi) is 2.17. The summed E-state index contributed by atoms with van der Waals surface area (Å²) in [6.45, 7) is 3.60. The third-order valence-corrected chi connectivity index (χ3v) is 2.05. The third kappa shape index (κ3) is 1.69. The van der Waals surface area contributed by atoms with Crippen molar-refractivity contribution < 1.29 is 9.63 Å². The molecule has 15 heavy (non-hydrogen) atoms. The van der Waals surface area contributed by atoms with Crippen molar-refractivity contribution in [3.05, 3.63) is 50.8 Å². The van der Waals surface area contributed by atoms with Gasteiger partial charge in [-0.25, -0.2) is 9.95 Å². The van der Waals surface area contributed by atoms with Gasteiger partial charge in [0.1, 0.15) is 5.75 Å². The number of aromatic hydroxyl groups is 1. The fourth-order valence-electron chi connectivity index (χ4n) is 1.25. The second-order valence-electron chi connectivity index (χ2n) is 3.09. The molecule has 4 heteroatoms. The van der Waals surface area contributed by atoms with E-state index in [-0.39, 0.29) is 5.75 Å². The maximum atomic E-state index is 11.2. The highest BCUT2D eigenvalue weighted by atomic mass is 16.5. The molecule has 2 N–H and O–H groups in total. The van der Waals surface area contributed by atoms with Gasteiger partial charge >= 0.3 is 5.63 Å². The number of phenolic OH excluding ortho intramolecular Hbond substituents is 1. The molecule has 0 bridgehead atoms. The molecule has 76 valence electrons. The largest absolute Gasteiger partial charge is 0.507 e. The van der Waals surface area contributed by atoms with Gasteiger partial charge in [0, 0.05) is 5.56 Å². The number of phenols is 1. The van der Waals surface area contributed by atoms with Gasteiger partial charge < -0.3 is 9.63 Å². The Hall–Kier alpha value is -2.23. The predicted octanol–water partition coefficient (Wildman–Crippen LogP) is -0.0874. The zero-order valence-electron chi connectivity index (χ0n) is 7.86. The molecular formula is C11H9NO3. The number of para-hydroxylation sites is 1. The Morgan fingerprint density at radius 3 is 2.73 bits per heavy atom. The molecule has 2 aromatic rings. The molecule has 4 nitrogen and oxygen atoms in total. The van der Waals surface area contributed by atoms with Crippen LogP contribution in [0.1, 0.15) is 5.56 Å². The van der Waals surface area contributed by atoms with Crippen LogP contribution in [-0.4, -0.2) is 10.3 Å². The van der Waals surface area contributed by atoms with Gasteiger partial charge in [-0.3, -0.25) is 0 Å². The molecule has 0 aliphatic rings. The average molecular weight is 203 g/mol. The van der Waals surface area contributed by atoms with Gasteiger partial charge in [-0.15, -0.1) is 0 Å². The van der Waals surface area contributed by atoms with Crippen molar-refractivity contribution in [3.8, 4) is 5.75 Å². The summed E-state index contributed by atoms with van der Waals surface area (Å²) < 4.78 is 4.55. The summed E-state index contributed by atoms with van der Waals surface area (Å²) in [4.78, 5) is 11.2. The number of benzene rings is 1. The van der Waals surface area contributed by atoms with Crippen molar-refractivity contribution in [2.24, 2.45) is 0 Å². The van der Waals surface area contributed by atoms with Gasteiger partial charge in [-0.05, 0) is 12.1 Å². The molecule has 0 radical (unpaired) electrons. The van der Waals surface area contributed by atoms with Crippen molar-refractivity contribution in [1.29, 1.82) is 0 Å². The Bertz CT molecular complexity index is 606. The molecule has 1 heterocycles. The molecule has 0 saturated carbocycles. The Balaban J connectivity index is 2.72. The first-order valence-electron chi connectivity index (χ1n) is 4.34. The van der Waals surface area contributed by atoms with Crippen molar-refractivity contribution in [2.45, 2.75) is 0 Å². The van der Waals surface area contributed by atoms with E-state index in [4.69, 9.17) is 0 Å². The zero-order chi connectivity index (χ0) is 10.8. The number of rotatable bonds is 1. The van der Waals surface area contributed by atoms with Crippen molar-refractivity contribution in [2.75, 3.05) is 0 Å². The van der Waals surface area contributed by atoms with Crippen LogP contribution in [0.2, 0.25) is 0 Å². The van der Waals surface area contributed by atoms with Crippen LogP contribution in [0.5, 0.6) is 5.75 Å². The number of hydrogen-bond acceptors (Lipinski definition) is 3. The lowest BCUT2D eigenvalue weighted by atomic mass is 10.2. The summed E-state index contributed by atoms with van der Waals surface area (Å²) >= 11 is 0. The van der Waals surface area contributed by atoms with E-state index in [1.807, 2.05) is 0 Å². The Morgan fingerprint density at radius 1 is 1.40 bits per heavy atom. The van der Waals surface area contributed by atoms with Crippen LogP contribution in [0.4, 0.5) is 0 Å².